The molecule has 1 aromatic heterocycles. The number of carboxylic acid groups (broad SMARTS) is 1. The molecule has 1 heterocycles. The monoisotopic (exact) mass is 299 g/mol. The van der Waals surface area contributed by atoms with Crippen LogP contribution in [-0.2, 0) is 9.47 Å². The van der Waals surface area contributed by atoms with Crippen molar-refractivity contribution in [3.05, 3.63) is 17.7 Å². The summed E-state index contributed by atoms with van der Waals surface area (Å²) in [5.41, 5.74) is -0.312. The molecule has 0 saturated heterocycles. The van der Waals surface area contributed by atoms with E-state index in [1.54, 1.807) is 0 Å². The summed E-state index contributed by atoms with van der Waals surface area (Å²) < 4.78 is 10.5. The highest BCUT2D eigenvalue weighted by Gasteiger charge is 2.24. The first-order valence-corrected chi connectivity index (χ1v) is 6.83. The summed E-state index contributed by atoms with van der Waals surface area (Å²) >= 11 is 0. The number of aromatic carboxylic acids is 1. The van der Waals surface area contributed by atoms with Crippen LogP contribution in [0.4, 0.5) is 0 Å². The lowest BCUT2D eigenvalue weighted by Gasteiger charge is -2.21. The molecule has 0 aromatic carbocycles. The zero-order valence-corrected chi connectivity index (χ0v) is 12.3. The molecule has 2 N–H and O–H groups in total. The molecule has 8 heteroatoms. The summed E-state index contributed by atoms with van der Waals surface area (Å²) in [6.45, 7) is 6.29. The summed E-state index contributed by atoms with van der Waals surface area (Å²) in [7, 11) is 0. The van der Waals surface area contributed by atoms with Crippen LogP contribution in [-0.4, -0.2) is 71.4 Å². The van der Waals surface area contributed by atoms with E-state index in [1.807, 2.05) is 13.8 Å². The van der Waals surface area contributed by atoms with Crippen LogP contribution in [0.25, 0.3) is 0 Å². The highest BCUT2D eigenvalue weighted by atomic mass is 16.5. The van der Waals surface area contributed by atoms with E-state index in [4.69, 9.17) is 14.6 Å². The second kappa shape index (κ2) is 9.09. The van der Waals surface area contributed by atoms with Crippen LogP contribution < -0.4 is 0 Å². The lowest BCUT2D eigenvalue weighted by atomic mass is 10.3. The number of carboxylic acids is 1. The van der Waals surface area contributed by atoms with E-state index in [0.29, 0.717) is 39.5 Å². The molecular weight excluding hydrogens is 278 g/mol. The van der Waals surface area contributed by atoms with Crippen LogP contribution in [0.1, 0.15) is 34.8 Å². The third-order valence-corrected chi connectivity index (χ3v) is 2.76. The molecule has 0 aliphatic carbocycles. The lowest BCUT2D eigenvalue weighted by Crippen LogP contribution is -2.37. The van der Waals surface area contributed by atoms with Gasteiger partial charge in [0, 0.05) is 26.3 Å². The first-order chi connectivity index (χ1) is 10.1. The third-order valence-electron chi connectivity index (χ3n) is 2.76. The van der Waals surface area contributed by atoms with Gasteiger partial charge in [-0.05, 0) is 13.8 Å². The summed E-state index contributed by atoms with van der Waals surface area (Å²) in [5.74, 6) is -1.67. The highest BCUT2D eigenvalue weighted by molar-refractivity contribution is 6.02. The zero-order valence-electron chi connectivity index (χ0n) is 12.3. The first kappa shape index (κ1) is 17.1. The van der Waals surface area contributed by atoms with E-state index in [9.17, 15) is 9.59 Å². The van der Waals surface area contributed by atoms with Crippen molar-refractivity contribution in [1.29, 1.82) is 0 Å². The maximum atomic E-state index is 12.4. The van der Waals surface area contributed by atoms with Gasteiger partial charge in [-0.1, -0.05) is 0 Å². The Kier molecular flexibility index (Phi) is 7.41. The number of ether oxygens (including phenoxy) is 2. The van der Waals surface area contributed by atoms with E-state index >= 15 is 0 Å². The van der Waals surface area contributed by atoms with Gasteiger partial charge < -0.3 is 24.5 Å². The van der Waals surface area contributed by atoms with Gasteiger partial charge in [0.15, 0.2) is 11.4 Å². The molecule has 0 radical (unpaired) electrons. The number of rotatable bonds is 10. The van der Waals surface area contributed by atoms with Crippen molar-refractivity contribution < 1.29 is 24.2 Å². The molecule has 0 bridgehead atoms. The second-order valence-electron chi connectivity index (χ2n) is 4.12. The van der Waals surface area contributed by atoms with Gasteiger partial charge in [-0.25, -0.2) is 9.78 Å². The largest absolute Gasteiger partial charge is 0.477 e. The quantitative estimate of drug-likeness (QED) is 0.614. The topological polar surface area (TPSA) is 105 Å². The minimum Gasteiger partial charge on any atom is -0.477 e. The summed E-state index contributed by atoms with van der Waals surface area (Å²) in [6.07, 6.45) is 1.19. The Labute approximate surface area is 123 Å². The number of H-pyrrole nitrogens is 1. The Morgan fingerprint density at radius 1 is 1.24 bits per heavy atom. The number of imidazole rings is 1. The lowest BCUT2D eigenvalue weighted by molar-refractivity contribution is 0.0537. The molecule has 1 rings (SSSR count). The predicted molar refractivity (Wildman–Crippen MR) is 74.4 cm³/mol. The predicted octanol–water partition coefficient (Wildman–Crippen LogP) is 0.623. The Morgan fingerprint density at radius 3 is 2.29 bits per heavy atom. The highest BCUT2D eigenvalue weighted by Crippen LogP contribution is 2.07. The smallest absolute Gasteiger partial charge is 0.354 e. The van der Waals surface area contributed by atoms with E-state index < -0.39 is 11.9 Å². The molecule has 0 aliphatic heterocycles. The van der Waals surface area contributed by atoms with Gasteiger partial charge in [-0.3, -0.25) is 4.79 Å². The minimum absolute atomic E-state index is 0.101. The van der Waals surface area contributed by atoms with Crippen LogP contribution in [0.5, 0.6) is 0 Å². The van der Waals surface area contributed by atoms with Gasteiger partial charge in [-0.2, -0.15) is 0 Å². The van der Waals surface area contributed by atoms with E-state index in [2.05, 4.69) is 9.97 Å². The minimum atomic E-state index is -1.22. The number of hydrogen-bond acceptors (Lipinski definition) is 5. The third kappa shape index (κ3) is 5.16. The van der Waals surface area contributed by atoms with E-state index in [0.717, 1.165) is 0 Å². The Morgan fingerprint density at radius 2 is 1.81 bits per heavy atom. The van der Waals surface area contributed by atoms with E-state index in [-0.39, 0.29) is 11.4 Å². The van der Waals surface area contributed by atoms with Crippen molar-refractivity contribution in [3.63, 3.8) is 0 Å². The van der Waals surface area contributed by atoms with E-state index in [1.165, 1.54) is 11.2 Å². The van der Waals surface area contributed by atoms with Gasteiger partial charge in [0.1, 0.15) is 0 Å². The number of nitrogens with one attached hydrogen (secondary N) is 1. The number of aromatic amines is 1. The van der Waals surface area contributed by atoms with Crippen LogP contribution >= 0.6 is 0 Å². The Bertz CT molecular complexity index is 450. The van der Waals surface area contributed by atoms with Gasteiger partial charge in [0.05, 0.1) is 19.5 Å². The van der Waals surface area contributed by atoms with Crippen LogP contribution in [0, 0.1) is 0 Å². The van der Waals surface area contributed by atoms with Gasteiger partial charge in [0.25, 0.3) is 5.91 Å². The van der Waals surface area contributed by atoms with Crippen LogP contribution in [0.2, 0.25) is 0 Å². The first-order valence-electron chi connectivity index (χ1n) is 6.83. The molecule has 0 fully saturated rings. The fourth-order valence-corrected chi connectivity index (χ4v) is 1.72. The van der Waals surface area contributed by atoms with Gasteiger partial charge in [-0.15, -0.1) is 0 Å². The number of amides is 1. The van der Waals surface area contributed by atoms with Crippen molar-refractivity contribution in [2.75, 3.05) is 39.5 Å². The van der Waals surface area contributed by atoms with Crippen LogP contribution in [0.3, 0.4) is 0 Å². The molecule has 1 aromatic rings. The molecule has 0 spiro atoms. The molecule has 0 unspecified atom stereocenters. The van der Waals surface area contributed by atoms with Crippen molar-refractivity contribution in [1.82, 2.24) is 14.9 Å². The maximum absolute atomic E-state index is 12.4. The normalized spacial score (nSPS) is 10.6. The zero-order chi connectivity index (χ0) is 15.7. The average Bonchev–Trinajstić information content (AvgIpc) is 2.95. The number of aromatic nitrogens is 2. The van der Waals surface area contributed by atoms with Gasteiger partial charge in [0.2, 0.25) is 0 Å². The van der Waals surface area contributed by atoms with Crippen LogP contribution in [0.15, 0.2) is 6.33 Å². The van der Waals surface area contributed by atoms with Crippen molar-refractivity contribution in [2.45, 2.75) is 13.8 Å². The number of carbonyl (C=O) groups is 2. The van der Waals surface area contributed by atoms with Crippen molar-refractivity contribution in [3.8, 4) is 0 Å². The summed E-state index contributed by atoms with van der Waals surface area (Å²) in [6, 6.07) is 0. The summed E-state index contributed by atoms with van der Waals surface area (Å²) in [5, 5.41) is 9.02. The SMILES string of the molecule is CCOCCN(CCOCC)C(=O)c1nc[nH]c1C(=O)O. The molecule has 21 heavy (non-hydrogen) atoms. The molecule has 0 atom stereocenters. The number of nitrogens with zero attached hydrogens (tertiary/aromatic N) is 2. The Hall–Kier alpha value is -1.93. The Balaban J connectivity index is 2.76. The summed E-state index contributed by atoms with van der Waals surface area (Å²) in [4.78, 5) is 31.2. The molecule has 0 aliphatic rings. The van der Waals surface area contributed by atoms with Gasteiger partial charge >= 0.3 is 5.97 Å². The molecular formula is C13H21N3O5. The fourth-order valence-electron chi connectivity index (χ4n) is 1.72. The fraction of sp³-hybridized carbons (Fsp3) is 0.615. The van der Waals surface area contributed by atoms with Crippen molar-refractivity contribution >= 4 is 11.9 Å². The molecule has 1 amide bonds. The average molecular weight is 299 g/mol. The molecule has 118 valence electrons. The number of hydrogen-bond donors (Lipinski definition) is 2. The standard InChI is InChI=1S/C13H21N3O5/c1-3-20-7-5-16(6-8-21-4-2)12(17)10-11(13(18)19)15-9-14-10/h9H,3-8H2,1-2H3,(H,14,15)(H,18,19). The maximum Gasteiger partial charge on any atom is 0.354 e. The number of carbonyl (C=O) groups excluding carboxylic acids is 1. The second-order valence-corrected chi connectivity index (χ2v) is 4.12. The molecule has 8 nitrogen and oxygen atoms in total. The molecule has 0 saturated carbocycles. The van der Waals surface area contributed by atoms with Crippen molar-refractivity contribution in [2.24, 2.45) is 0 Å².